The molecule has 1 N–H and O–H groups in total. The van der Waals surface area contributed by atoms with Gasteiger partial charge >= 0.3 is 0 Å². The number of aromatic nitrogens is 1. The van der Waals surface area contributed by atoms with Crippen LogP contribution < -0.4 is 0 Å². The highest BCUT2D eigenvalue weighted by molar-refractivity contribution is 5.98. The Kier molecular flexibility index (Phi) is 3.49. The van der Waals surface area contributed by atoms with Gasteiger partial charge in [0.15, 0.2) is 0 Å². The lowest BCUT2D eigenvalue weighted by Gasteiger charge is -2.20. The quantitative estimate of drug-likeness (QED) is 0.705. The van der Waals surface area contributed by atoms with Crippen LogP contribution in [0, 0.1) is 12.8 Å². The van der Waals surface area contributed by atoms with Crippen molar-refractivity contribution in [2.45, 2.75) is 51.6 Å². The van der Waals surface area contributed by atoms with Crippen LogP contribution in [0.5, 0.6) is 0 Å². The molecule has 0 saturated heterocycles. The van der Waals surface area contributed by atoms with E-state index in [9.17, 15) is 4.79 Å². The van der Waals surface area contributed by atoms with Gasteiger partial charge in [0, 0.05) is 22.9 Å². The number of aryl methyl sites for hydroxylation is 1. The average Bonchev–Trinajstić information content (AvgIpc) is 3.50. The molecular weight excluding hydrogens is 324 g/mol. The van der Waals surface area contributed by atoms with Crippen molar-refractivity contribution in [2.24, 2.45) is 5.92 Å². The van der Waals surface area contributed by atoms with Crippen molar-refractivity contribution >= 4 is 16.8 Å². The molecule has 4 nitrogen and oxygen atoms in total. The molecule has 2 fully saturated rings. The van der Waals surface area contributed by atoms with Gasteiger partial charge in [-0.1, -0.05) is 19.1 Å². The van der Waals surface area contributed by atoms with Crippen molar-refractivity contribution in [2.75, 3.05) is 0 Å². The van der Waals surface area contributed by atoms with E-state index in [0.717, 1.165) is 41.2 Å². The summed E-state index contributed by atoms with van der Waals surface area (Å²) in [4.78, 5) is 18.4. The molecule has 2 saturated carbocycles. The summed E-state index contributed by atoms with van der Waals surface area (Å²) in [6.45, 7) is 4.87. The summed E-state index contributed by atoms with van der Waals surface area (Å²) in [5, 5.41) is 1.08. The van der Waals surface area contributed by atoms with Crippen molar-refractivity contribution in [3.8, 4) is 0 Å². The van der Waals surface area contributed by atoms with Crippen LogP contribution in [0.1, 0.15) is 59.7 Å². The number of nitrogens with zero attached hydrogens (tertiary/aromatic N) is 1. The molecule has 0 spiro atoms. The molecule has 2 aliphatic carbocycles. The van der Waals surface area contributed by atoms with E-state index in [2.05, 4.69) is 43.1 Å². The number of furan rings is 1. The zero-order chi connectivity index (χ0) is 17.8. The topological polar surface area (TPSA) is 49.2 Å². The Hall–Kier alpha value is -2.49. The van der Waals surface area contributed by atoms with Gasteiger partial charge in [-0.3, -0.25) is 4.79 Å². The number of aromatic amines is 1. The van der Waals surface area contributed by atoms with E-state index in [1.165, 1.54) is 12.0 Å². The number of nitrogens with one attached hydrogen (secondary N) is 1. The monoisotopic (exact) mass is 348 g/mol. The minimum atomic E-state index is 0.0686. The Bertz CT molecular complexity index is 979. The number of carbonyl (C=O) groups is 1. The molecule has 5 rings (SSSR count). The van der Waals surface area contributed by atoms with Crippen LogP contribution in [0.25, 0.3) is 10.9 Å². The third-order valence-corrected chi connectivity index (χ3v) is 5.74. The highest BCUT2D eigenvalue weighted by Crippen LogP contribution is 2.47. The molecule has 2 heterocycles. The second kappa shape index (κ2) is 5.76. The van der Waals surface area contributed by atoms with Crippen molar-refractivity contribution in [1.29, 1.82) is 0 Å². The van der Waals surface area contributed by atoms with Crippen molar-refractivity contribution in [1.82, 2.24) is 9.88 Å². The third-order valence-electron chi connectivity index (χ3n) is 5.74. The fourth-order valence-electron chi connectivity index (χ4n) is 3.83. The number of carbonyl (C=O) groups excluding carboxylic acids is 1. The van der Waals surface area contributed by atoms with Crippen molar-refractivity contribution in [3.05, 3.63) is 59.2 Å². The predicted molar refractivity (Wildman–Crippen MR) is 101 cm³/mol. The molecule has 2 aromatic heterocycles. The second-order valence-corrected chi connectivity index (χ2v) is 8.06. The third kappa shape index (κ3) is 2.83. The molecule has 0 unspecified atom stereocenters. The maximum absolute atomic E-state index is 13.1. The van der Waals surface area contributed by atoms with E-state index in [0.29, 0.717) is 24.2 Å². The van der Waals surface area contributed by atoms with E-state index in [1.54, 1.807) is 0 Å². The molecule has 4 heteroatoms. The Morgan fingerprint density at radius 3 is 2.77 bits per heavy atom. The number of H-pyrrole nitrogens is 1. The number of benzene rings is 1. The molecule has 1 aromatic carbocycles. The van der Waals surface area contributed by atoms with Crippen LogP contribution in [0.15, 0.2) is 40.8 Å². The molecule has 2 atom stereocenters. The zero-order valence-electron chi connectivity index (χ0n) is 15.3. The summed E-state index contributed by atoms with van der Waals surface area (Å²) >= 11 is 0. The van der Waals surface area contributed by atoms with E-state index in [-0.39, 0.29) is 5.91 Å². The lowest BCUT2D eigenvalue weighted by Crippen LogP contribution is -2.32. The van der Waals surface area contributed by atoms with Crippen LogP contribution in [0.3, 0.4) is 0 Å². The summed E-state index contributed by atoms with van der Waals surface area (Å²) < 4.78 is 6.04. The van der Waals surface area contributed by atoms with Gasteiger partial charge in [-0.15, -0.1) is 0 Å². The normalized spacial score (nSPS) is 21.9. The van der Waals surface area contributed by atoms with Gasteiger partial charge < -0.3 is 14.3 Å². The number of fused-ring (bicyclic) bond motifs is 1. The number of hydrogen-bond donors (Lipinski definition) is 1. The molecule has 0 radical (unpaired) electrons. The smallest absolute Gasteiger partial charge is 0.270 e. The van der Waals surface area contributed by atoms with Crippen LogP contribution in [0.4, 0.5) is 0 Å². The van der Waals surface area contributed by atoms with Crippen molar-refractivity contribution < 1.29 is 9.21 Å². The van der Waals surface area contributed by atoms with Gasteiger partial charge in [0.25, 0.3) is 5.91 Å². The van der Waals surface area contributed by atoms with Crippen LogP contribution in [-0.2, 0) is 6.54 Å². The van der Waals surface area contributed by atoms with Gasteiger partial charge in [0.2, 0.25) is 0 Å². The highest BCUT2D eigenvalue weighted by Gasteiger charge is 2.38. The fourth-order valence-corrected chi connectivity index (χ4v) is 3.83. The van der Waals surface area contributed by atoms with Gasteiger partial charge in [0.05, 0.1) is 6.54 Å². The maximum Gasteiger partial charge on any atom is 0.270 e. The van der Waals surface area contributed by atoms with Gasteiger partial charge in [-0.05, 0) is 61.9 Å². The van der Waals surface area contributed by atoms with E-state index >= 15 is 0 Å². The minimum Gasteiger partial charge on any atom is -0.464 e. The molecule has 2 aliphatic rings. The first-order valence-electron chi connectivity index (χ1n) is 9.57. The Morgan fingerprint density at radius 1 is 1.23 bits per heavy atom. The molecule has 1 amide bonds. The first-order chi connectivity index (χ1) is 12.6. The Morgan fingerprint density at radius 2 is 2.04 bits per heavy atom. The fraction of sp³-hybridized carbons (Fsp3) is 0.409. The zero-order valence-corrected chi connectivity index (χ0v) is 15.3. The summed E-state index contributed by atoms with van der Waals surface area (Å²) in [5.41, 5.74) is 2.88. The summed E-state index contributed by atoms with van der Waals surface area (Å²) in [7, 11) is 0. The maximum atomic E-state index is 13.1. The standard InChI is InChI=1S/C22H24N2O2/c1-13-3-4-15-11-20(23-19(15)9-13)22(25)24(16-5-6-16)12-17-7-8-21(26-17)18-10-14(18)2/h3-4,7-9,11,14,16,18,23H,5-6,10,12H2,1-2H3/t14-,18-/m0/s1. The van der Waals surface area contributed by atoms with Crippen LogP contribution in [0.2, 0.25) is 0 Å². The molecule has 0 aliphatic heterocycles. The number of rotatable bonds is 5. The van der Waals surface area contributed by atoms with Crippen molar-refractivity contribution in [3.63, 3.8) is 0 Å². The van der Waals surface area contributed by atoms with E-state index < -0.39 is 0 Å². The lowest BCUT2D eigenvalue weighted by atomic mass is 10.2. The van der Waals surface area contributed by atoms with Gasteiger partial charge in [0.1, 0.15) is 17.2 Å². The molecular formula is C22H24N2O2. The first-order valence-corrected chi connectivity index (χ1v) is 9.57. The van der Waals surface area contributed by atoms with Gasteiger partial charge in [-0.25, -0.2) is 0 Å². The van der Waals surface area contributed by atoms with Crippen LogP contribution in [-0.4, -0.2) is 21.8 Å². The average molecular weight is 348 g/mol. The molecule has 0 bridgehead atoms. The second-order valence-electron chi connectivity index (χ2n) is 8.06. The SMILES string of the molecule is Cc1ccc2cc(C(=O)N(Cc3ccc([C@H]4C[C@@H]4C)o3)C3CC3)[nH]c2c1. The molecule has 134 valence electrons. The summed E-state index contributed by atoms with van der Waals surface area (Å²) in [6, 6.07) is 12.7. The Labute approximate surface area is 153 Å². The first kappa shape index (κ1) is 15.7. The predicted octanol–water partition coefficient (Wildman–Crippen LogP) is 5.00. The van der Waals surface area contributed by atoms with Gasteiger partial charge in [-0.2, -0.15) is 0 Å². The summed E-state index contributed by atoms with van der Waals surface area (Å²) in [5.74, 6) is 3.35. The highest BCUT2D eigenvalue weighted by atomic mass is 16.3. The number of hydrogen-bond acceptors (Lipinski definition) is 2. The lowest BCUT2D eigenvalue weighted by molar-refractivity contribution is 0.0711. The summed E-state index contributed by atoms with van der Waals surface area (Å²) in [6.07, 6.45) is 3.38. The van der Waals surface area contributed by atoms with E-state index in [4.69, 9.17) is 4.42 Å². The Balaban J connectivity index is 1.39. The van der Waals surface area contributed by atoms with E-state index in [1.807, 2.05) is 17.0 Å². The minimum absolute atomic E-state index is 0.0686. The molecule has 3 aromatic rings. The molecule has 26 heavy (non-hydrogen) atoms. The number of amides is 1. The largest absolute Gasteiger partial charge is 0.464 e. The van der Waals surface area contributed by atoms with Crippen LogP contribution >= 0.6 is 0 Å².